The average Bonchev–Trinajstić information content (AvgIpc) is 3.18. The van der Waals surface area contributed by atoms with Crippen LogP contribution < -0.4 is 4.74 Å². The number of aromatic nitrogens is 3. The first kappa shape index (κ1) is 19.2. The lowest BCUT2D eigenvalue weighted by molar-refractivity contribution is 0.201. The molecule has 5 nitrogen and oxygen atoms in total. The highest BCUT2D eigenvalue weighted by atomic mass is 32.2. The van der Waals surface area contributed by atoms with E-state index in [9.17, 15) is 0 Å². The van der Waals surface area contributed by atoms with Gasteiger partial charge in [0.2, 0.25) is 0 Å². The zero-order chi connectivity index (χ0) is 20.5. The fraction of sp³-hybridized carbons (Fsp3) is 0.250. The van der Waals surface area contributed by atoms with E-state index in [-0.39, 0.29) is 6.04 Å². The Hall–Kier alpha value is -2.83. The van der Waals surface area contributed by atoms with Crippen molar-refractivity contribution in [3.8, 4) is 5.75 Å². The van der Waals surface area contributed by atoms with Gasteiger partial charge in [-0.05, 0) is 42.0 Å². The summed E-state index contributed by atoms with van der Waals surface area (Å²) in [6, 6.07) is 17.1. The summed E-state index contributed by atoms with van der Waals surface area (Å²) in [6.07, 6.45) is 6.91. The van der Waals surface area contributed by atoms with Crippen LogP contribution in [0.1, 0.15) is 28.4 Å². The molecule has 6 heteroatoms. The monoisotopic (exact) mass is 416 g/mol. The lowest BCUT2D eigenvalue weighted by Gasteiger charge is -2.36. The number of nitrogens with zero attached hydrogens (tertiary/aromatic N) is 3. The van der Waals surface area contributed by atoms with Gasteiger partial charge in [0.05, 0.1) is 13.2 Å². The van der Waals surface area contributed by atoms with Gasteiger partial charge in [0.25, 0.3) is 0 Å². The molecule has 1 aliphatic rings. The molecule has 0 fully saturated rings. The molecule has 0 bridgehead atoms. The molecule has 0 unspecified atom stereocenters. The van der Waals surface area contributed by atoms with Crippen molar-refractivity contribution in [1.82, 2.24) is 19.9 Å². The first-order valence-corrected chi connectivity index (χ1v) is 11.3. The lowest BCUT2D eigenvalue weighted by atomic mass is 9.92. The molecule has 0 amide bonds. The molecule has 3 heterocycles. The van der Waals surface area contributed by atoms with E-state index in [1.165, 1.54) is 27.7 Å². The molecular formula is C24H24N4OS. The molecule has 0 aliphatic carbocycles. The minimum atomic E-state index is 0.122. The van der Waals surface area contributed by atoms with Crippen LogP contribution in [0.2, 0.25) is 0 Å². The van der Waals surface area contributed by atoms with Crippen molar-refractivity contribution in [1.29, 1.82) is 0 Å². The predicted octanol–water partition coefficient (Wildman–Crippen LogP) is 4.84. The number of thioether (sulfide) groups is 1. The van der Waals surface area contributed by atoms with E-state index in [1.54, 1.807) is 18.9 Å². The van der Waals surface area contributed by atoms with Crippen molar-refractivity contribution in [3.05, 3.63) is 83.3 Å². The number of hydrogen-bond acceptors (Lipinski definition) is 5. The van der Waals surface area contributed by atoms with Gasteiger partial charge in [-0.15, -0.1) is 0 Å². The van der Waals surface area contributed by atoms with E-state index in [0.29, 0.717) is 0 Å². The van der Waals surface area contributed by atoms with Crippen molar-refractivity contribution in [3.63, 3.8) is 0 Å². The number of rotatable bonds is 5. The van der Waals surface area contributed by atoms with Crippen LogP contribution in [0.3, 0.4) is 0 Å². The molecule has 2 aromatic heterocycles. The topological polar surface area (TPSA) is 54.0 Å². The Kier molecular flexibility index (Phi) is 5.19. The first-order chi connectivity index (χ1) is 14.8. The number of fused-ring (bicyclic) bond motifs is 3. The molecule has 1 atom stereocenters. The third-order valence-corrected chi connectivity index (χ3v) is 6.37. The highest BCUT2D eigenvalue weighted by Gasteiger charge is 2.32. The Balaban J connectivity index is 1.58. The molecule has 5 rings (SSSR count). The van der Waals surface area contributed by atoms with Crippen LogP contribution in [0.15, 0.2) is 66.1 Å². The Morgan fingerprint density at radius 3 is 2.77 bits per heavy atom. The van der Waals surface area contributed by atoms with Crippen LogP contribution in [0, 0.1) is 0 Å². The van der Waals surface area contributed by atoms with Gasteiger partial charge >= 0.3 is 0 Å². The number of ether oxygens (including phenoxy) is 1. The zero-order valence-corrected chi connectivity index (χ0v) is 17.9. The molecule has 0 saturated heterocycles. The number of aromatic amines is 1. The average molecular weight is 417 g/mol. The van der Waals surface area contributed by atoms with E-state index in [2.05, 4.69) is 62.3 Å². The maximum atomic E-state index is 5.52. The van der Waals surface area contributed by atoms with Gasteiger partial charge in [-0.3, -0.25) is 4.90 Å². The van der Waals surface area contributed by atoms with Crippen molar-refractivity contribution in [2.45, 2.75) is 24.2 Å². The van der Waals surface area contributed by atoms with Crippen LogP contribution in [-0.4, -0.2) is 39.8 Å². The van der Waals surface area contributed by atoms with Crippen LogP contribution in [0.5, 0.6) is 5.75 Å². The SMILES string of the molecule is COc1cccc([C@@H]2c3[nH]c4ccccc4c3CCN2Cc2cnc(SC)nc2)c1. The molecule has 2 aromatic carbocycles. The van der Waals surface area contributed by atoms with Gasteiger partial charge in [0.1, 0.15) is 5.75 Å². The van der Waals surface area contributed by atoms with Crippen molar-refractivity contribution < 1.29 is 4.74 Å². The molecule has 0 radical (unpaired) electrons. The van der Waals surface area contributed by atoms with Gasteiger partial charge in [-0.2, -0.15) is 0 Å². The Morgan fingerprint density at radius 2 is 1.97 bits per heavy atom. The minimum absolute atomic E-state index is 0.122. The van der Waals surface area contributed by atoms with Gasteiger partial charge in [0, 0.05) is 47.6 Å². The normalized spacial score (nSPS) is 16.5. The highest BCUT2D eigenvalue weighted by Crippen LogP contribution is 2.39. The third kappa shape index (κ3) is 3.46. The number of hydrogen-bond donors (Lipinski definition) is 1. The summed E-state index contributed by atoms with van der Waals surface area (Å²) in [5.74, 6) is 0.878. The van der Waals surface area contributed by atoms with Crippen molar-refractivity contribution in [2.24, 2.45) is 0 Å². The Labute approximate surface area is 180 Å². The summed E-state index contributed by atoms with van der Waals surface area (Å²) in [4.78, 5) is 15.2. The molecule has 0 saturated carbocycles. The summed E-state index contributed by atoms with van der Waals surface area (Å²) >= 11 is 1.56. The number of methoxy groups -OCH3 is 1. The summed E-state index contributed by atoms with van der Waals surface area (Å²) in [7, 11) is 1.72. The van der Waals surface area contributed by atoms with Crippen molar-refractivity contribution >= 4 is 22.7 Å². The smallest absolute Gasteiger partial charge is 0.187 e. The maximum Gasteiger partial charge on any atom is 0.187 e. The molecule has 1 N–H and O–H groups in total. The molecule has 30 heavy (non-hydrogen) atoms. The van der Waals surface area contributed by atoms with E-state index in [4.69, 9.17) is 4.74 Å². The first-order valence-electron chi connectivity index (χ1n) is 10.1. The van der Waals surface area contributed by atoms with Crippen molar-refractivity contribution in [2.75, 3.05) is 19.9 Å². The summed E-state index contributed by atoms with van der Waals surface area (Å²) < 4.78 is 5.52. The molecular weight excluding hydrogens is 392 g/mol. The second-order valence-corrected chi connectivity index (χ2v) is 8.31. The fourth-order valence-corrected chi connectivity index (χ4v) is 4.73. The maximum absolute atomic E-state index is 5.52. The number of benzene rings is 2. The fourth-order valence-electron chi connectivity index (χ4n) is 4.41. The number of H-pyrrole nitrogens is 1. The summed E-state index contributed by atoms with van der Waals surface area (Å²) in [5, 5.41) is 2.13. The standard InChI is InChI=1S/C24H24N4OS/c1-29-18-7-5-6-17(12-18)23-22-20(19-8-3-4-9-21(19)27-22)10-11-28(23)15-16-13-25-24(30-2)26-14-16/h3-9,12-14,23,27H,10-11,15H2,1-2H3/t23-/m1/s1. The molecule has 0 spiro atoms. The second kappa shape index (κ2) is 8.13. The van der Waals surface area contributed by atoms with Gasteiger partial charge in [-0.25, -0.2) is 9.97 Å². The quantitative estimate of drug-likeness (QED) is 0.373. The highest BCUT2D eigenvalue weighted by molar-refractivity contribution is 7.98. The lowest BCUT2D eigenvalue weighted by Crippen LogP contribution is -2.35. The third-order valence-electron chi connectivity index (χ3n) is 5.79. The largest absolute Gasteiger partial charge is 0.497 e. The molecule has 4 aromatic rings. The zero-order valence-electron chi connectivity index (χ0n) is 17.1. The number of para-hydroxylation sites is 1. The van der Waals surface area contributed by atoms with Gasteiger partial charge < -0.3 is 9.72 Å². The Bertz CT molecular complexity index is 1170. The number of nitrogens with one attached hydrogen (secondary N) is 1. The minimum Gasteiger partial charge on any atom is -0.497 e. The van der Waals surface area contributed by atoms with E-state index >= 15 is 0 Å². The molecule has 152 valence electrons. The summed E-state index contributed by atoms with van der Waals surface area (Å²) in [6.45, 7) is 1.77. The molecule has 1 aliphatic heterocycles. The Morgan fingerprint density at radius 1 is 1.13 bits per heavy atom. The van der Waals surface area contributed by atoms with Crippen LogP contribution in [0.4, 0.5) is 0 Å². The van der Waals surface area contributed by atoms with E-state index in [1.807, 2.05) is 24.7 Å². The van der Waals surface area contributed by atoms with Gasteiger partial charge in [0.15, 0.2) is 5.16 Å². The second-order valence-electron chi connectivity index (χ2n) is 7.54. The van der Waals surface area contributed by atoms with Crippen LogP contribution >= 0.6 is 11.8 Å². The van der Waals surface area contributed by atoms with Gasteiger partial charge in [-0.1, -0.05) is 42.1 Å². The van der Waals surface area contributed by atoms with Crippen LogP contribution in [-0.2, 0) is 13.0 Å². The van der Waals surface area contributed by atoms with Crippen LogP contribution in [0.25, 0.3) is 10.9 Å². The van der Waals surface area contributed by atoms with E-state index < -0.39 is 0 Å². The predicted molar refractivity (Wildman–Crippen MR) is 121 cm³/mol. The summed E-state index contributed by atoms with van der Waals surface area (Å²) in [5.41, 5.74) is 6.25. The van der Waals surface area contributed by atoms with E-state index in [0.717, 1.165) is 36.0 Å².